The first kappa shape index (κ1) is 16.7. The van der Waals surface area contributed by atoms with Gasteiger partial charge in [0, 0.05) is 12.6 Å². The van der Waals surface area contributed by atoms with Crippen LogP contribution in [-0.4, -0.2) is 21.9 Å². The largest absolute Gasteiger partial charge is 0.496 e. The summed E-state index contributed by atoms with van der Waals surface area (Å²) in [5.74, 6) is 0.142. The van der Waals surface area contributed by atoms with Gasteiger partial charge in [-0.2, -0.15) is 10.4 Å². The van der Waals surface area contributed by atoms with E-state index in [1.807, 2.05) is 25.1 Å². The van der Waals surface area contributed by atoms with Gasteiger partial charge >= 0.3 is 0 Å². The zero-order chi connectivity index (χ0) is 19.3. The molecule has 1 aromatic carbocycles. The zero-order valence-electron chi connectivity index (χ0n) is 15.0. The Kier molecular flexibility index (Phi) is 3.66. The van der Waals surface area contributed by atoms with Crippen molar-refractivity contribution in [1.82, 2.24) is 14.8 Å². The molecular weight excluding hydrogens is 346 g/mol. The van der Waals surface area contributed by atoms with Crippen LogP contribution in [0.4, 0.5) is 0 Å². The minimum absolute atomic E-state index is 0.0314. The summed E-state index contributed by atoms with van der Waals surface area (Å²) >= 11 is 0. The number of hydrogen-bond acceptors (Lipinski definition) is 6. The monoisotopic (exact) mass is 363 g/mol. The number of nitrogens with two attached hydrogens (primary N) is 1. The minimum atomic E-state index is -0.706. The molecule has 2 aromatic heterocycles. The lowest BCUT2D eigenvalue weighted by Gasteiger charge is -2.27. The Morgan fingerprint density at radius 2 is 2.15 bits per heavy atom. The normalized spacial score (nSPS) is 16.0. The van der Waals surface area contributed by atoms with E-state index in [0.29, 0.717) is 39.4 Å². The Hall–Kier alpha value is -3.73. The summed E-state index contributed by atoms with van der Waals surface area (Å²) in [6.45, 7) is 1.82. The molecule has 0 saturated carbocycles. The number of aryl methyl sites for hydroxylation is 2. The first-order chi connectivity index (χ1) is 13.0. The van der Waals surface area contributed by atoms with E-state index < -0.39 is 5.92 Å². The van der Waals surface area contributed by atoms with Crippen molar-refractivity contribution in [2.45, 2.75) is 12.8 Å². The Morgan fingerprint density at radius 1 is 1.41 bits per heavy atom. The molecule has 0 fully saturated rings. The quantitative estimate of drug-likeness (QED) is 0.716. The van der Waals surface area contributed by atoms with E-state index in [0.717, 1.165) is 0 Å². The van der Waals surface area contributed by atoms with Gasteiger partial charge in [0.1, 0.15) is 23.0 Å². The molecule has 3 N–H and O–H groups in total. The van der Waals surface area contributed by atoms with E-state index in [1.54, 1.807) is 17.8 Å². The van der Waals surface area contributed by atoms with Crippen LogP contribution >= 0.6 is 0 Å². The molecule has 8 nitrogen and oxygen atoms in total. The summed E-state index contributed by atoms with van der Waals surface area (Å²) in [6.07, 6.45) is 0. The van der Waals surface area contributed by atoms with Gasteiger partial charge < -0.3 is 20.2 Å². The summed E-state index contributed by atoms with van der Waals surface area (Å²) in [6, 6.07) is 9.31. The van der Waals surface area contributed by atoms with Crippen molar-refractivity contribution in [3.8, 4) is 17.6 Å². The molecule has 1 aliphatic rings. The topological polar surface area (TPSA) is 119 Å². The molecule has 1 aliphatic heterocycles. The average molecular weight is 363 g/mol. The van der Waals surface area contributed by atoms with Gasteiger partial charge in [0.05, 0.1) is 29.7 Å². The smallest absolute Gasteiger partial charge is 0.257 e. The van der Waals surface area contributed by atoms with Gasteiger partial charge in [-0.25, -0.2) is 0 Å². The third-order valence-electron chi connectivity index (χ3n) is 4.80. The molecule has 0 saturated heterocycles. The molecule has 1 atom stereocenters. The van der Waals surface area contributed by atoms with Crippen LogP contribution in [0.5, 0.6) is 11.5 Å². The van der Waals surface area contributed by atoms with Gasteiger partial charge in [0.15, 0.2) is 5.75 Å². The second kappa shape index (κ2) is 5.92. The van der Waals surface area contributed by atoms with Crippen LogP contribution in [0.15, 0.2) is 40.5 Å². The van der Waals surface area contributed by atoms with E-state index in [9.17, 15) is 10.1 Å². The first-order valence-electron chi connectivity index (χ1n) is 8.27. The van der Waals surface area contributed by atoms with Gasteiger partial charge in [0.25, 0.3) is 5.56 Å². The van der Waals surface area contributed by atoms with Crippen molar-refractivity contribution >= 4 is 11.0 Å². The fourth-order valence-electron chi connectivity index (χ4n) is 3.64. The molecule has 4 rings (SSSR count). The van der Waals surface area contributed by atoms with Gasteiger partial charge in [-0.3, -0.25) is 9.48 Å². The molecule has 0 bridgehead atoms. The van der Waals surface area contributed by atoms with E-state index in [-0.39, 0.29) is 17.0 Å². The fraction of sp³-hybridized carbons (Fsp3) is 0.211. The number of para-hydroxylation sites is 1. The zero-order valence-corrected chi connectivity index (χ0v) is 15.0. The predicted molar refractivity (Wildman–Crippen MR) is 98.4 cm³/mol. The predicted octanol–water partition coefficient (Wildman–Crippen LogP) is 1.80. The summed E-state index contributed by atoms with van der Waals surface area (Å²) in [7, 11) is 3.27. The summed E-state index contributed by atoms with van der Waals surface area (Å²) in [5.41, 5.74) is 8.07. The van der Waals surface area contributed by atoms with Gasteiger partial charge in [0.2, 0.25) is 5.88 Å². The number of nitriles is 1. The first-order valence-corrected chi connectivity index (χ1v) is 8.27. The summed E-state index contributed by atoms with van der Waals surface area (Å²) in [4.78, 5) is 15.9. The van der Waals surface area contributed by atoms with Crippen LogP contribution in [-0.2, 0) is 7.05 Å². The maximum absolute atomic E-state index is 13.0. The lowest BCUT2D eigenvalue weighted by molar-refractivity contribution is 0.389. The van der Waals surface area contributed by atoms with E-state index in [2.05, 4.69) is 16.2 Å². The van der Waals surface area contributed by atoms with Gasteiger partial charge in [-0.05, 0) is 13.0 Å². The van der Waals surface area contributed by atoms with Crippen molar-refractivity contribution in [3.63, 3.8) is 0 Å². The fourth-order valence-corrected chi connectivity index (χ4v) is 3.64. The van der Waals surface area contributed by atoms with Crippen molar-refractivity contribution in [2.24, 2.45) is 12.8 Å². The number of ether oxygens (including phenoxy) is 2. The third kappa shape index (κ3) is 2.29. The highest BCUT2D eigenvalue weighted by molar-refractivity contribution is 5.88. The van der Waals surface area contributed by atoms with Crippen molar-refractivity contribution in [2.75, 3.05) is 7.11 Å². The number of pyridine rings is 1. The number of rotatable bonds is 2. The van der Waals surface area contributed by atoms with Crippen molar-refractivity contribution < 1.29 is 9.47 Å². The van der Waals surface area contributed by atoms with Crippen LogP contribution < -0.4 is 20.8 Å². The molecule has 136 valence electrons. The van der Waals surface area contributed by atoms with Crippen molar-refractivity contribution in [1.29, 1.82) is 5.26 Å². The standard InChI is InChI=1S/C19H17N5O3/c1-9-13-16-15(19(25)22-18(13)24(2)23-9)14(11(8-20)17(21)27-16)10-6-4-5-7-12(10)26-3/h4-7,14H,21H2,1-3H3,(H,22,25). The number of aromatic amines is 1. The lowest BCUT2D eigenvalue weighted by atomic mass is 9.83. The van der Waals surface area contributed by atoms with Crippen LogP contribution in [0.25, 0.3) is 11.0 Å². The molecule has 0 spiro atoms. The average Bonchev–Trinajstić information content (AvgIpc) is 2.94. The summed E-state index contributed by atoms with van der Waals surface area (Å²) < 4.78 is 12.8. The molecule has 8 heteroatoms. The van der Waals surface area contributed by atoms with E-state index in [4.69, 9.17) is 15.2 Å². The highest BCUT2D eigenvalue weighted by atomic mass is 16.5. The number of hydrogen-bond donors (Lipinski definition) is 2. The second-order valence-electron chi connectivity index (χ2n) is 6.30. The number of benzene rings is 1. The Morgan fingerprint density at radius 3 is 2.85 bits per heavy atom. The molecule has 0 radical (unpaired) electrons. The molecule has 1 unspecified atom stereocenters. The molecule has 3 aromatic rings. The number of nitrogens with one attached hydrogen (secondary N) is 1. The maximum atomic E-state index is 13.0. The van der Waals surface area contributed by atoms with Crippen LogP contribution in [0.3, 0.4) is 0 Å². The Bertz CT molecular complexity index is 1210. The van der Waals surface area contributed by atoms with Crippen LogP contribution in [0.1, 0.15) is 22.7 Å². The third-order valence-corrected chi connectivity index (χ3v) is 4.80. The van der Waals surface area contributed by atoms with Crippen LogP contribution in [0, 0.1) is 18.3 Å². The molecule has 0 aliphatic carbocycles. The number of allylic oxidation sites excluding steroid dienone is 1. The minimum Gasteiger partial charge on any atom is -0.496 e. The number of fused-ring (bicyclic) bond motifs is 3. The highest BCUT2D eigenvalue weighted by Crippen LogP contribution is 2.45. The molecular formula is C19H17N5O3. The summed E-state index contributed by atoms with van der Waals surface area (Å²) in [5, 5.41) is 14.7. The number of methoxy groups -OCH3 is 1. The Balaban J connectivity index is 2.14. The molecule has 3 heterocycles. The van der Waals surface area contributed by atoms with Gasteiger partial charge in [-0.15, -0.1) is 0 Å². The van der Waals surface area contributed by atoms with E-state index >= 15 is 0 Å². The SMILES string of the molecule is COc1ccccc1C1C(C#N)=C(N)Oc2c1c(=O)[nH]c1c2c(C)nn1C. The van der Waals surface area contributed by atoms with Crippen LogP contribution in [0.2, 0.25) is 0 Å². The second-order valence-corrected chi connectivity index (χ2v) is 6.30. The van der Waals surface area contributed by atoms with Crippen molar-refractivity contribution in [3.05, 3.63) is 62.9 Å². The lowest BCUT2D eigenvalue weighted by Crippen LogP contribution is -2.28. The Labute approximate surface area is 154 Å². The number of nitrogens with zero attached hydrogens (tertiary/aromatic N) is 3. The maximum Gasteiger partial charge on any atom is 0.257 e. The molecule has 0 amide bonds. The molecule has 27 heavy (non-hydrogen) atoms. The van der Waals surface area contributed by atoms with Gasteiger partial charge in [-0.1, -0.05) is 18.2 Å². The number of aromatic nitrogens is 3. The van der Waals surface area contributed by atoms with E-state index in [1.165, 1.54) is 7.11 Å². The number of H-pyrrole nitrogens is 1. The highest BCUT2D eigenvalue weighted by Gasteiger charge is 2.37.